The lowest BCUT2D eigenvalue weighted by Gasteiger charge is -2.18. The molecule has 1 aliphatic carbocycles. The van der Waals surface area contributed by atoms with Gasteiger partial charge in [-0.25, -0.2) is 0 Å². The van der Waals surface area contributed by atoms with Crippen LogP contribution < -0.4 is 10.6 Å². The quantitative estimate of drug-likeness (QED) is 0.879. The van der Waals surface area contributed by atoms with E-state index >= 15 is 0 Å². The summed E-state index contributed by atoms with van der Waals surface area (Å²) in [5.41, 5.74) is 3.30. The van der Waals surface area contributed by atoms with Crippen molar-refractivity contribution in [3.8, 4) is 0 Å². The Bertz CT molecular complexity index is 462. The summed E-state index contributed by atoms with van der Waals surface area (Å²) in [5, 5.41) is 5.28. The summed E-state index contributed by atoms with van der Waals surface area (Å²) >= 11 is 0. The van der Waals surface area contributed by atoms with Crippen LogP contribution in [0.1, 0.15) is 56.1 Å². The van der Waals surface area contributed by atoms with Gasteiger partial charge in [-0.1, -0.05) is 37.0 Å². The SMILES string of the molecule is Cc1ccc(NC(=O)C[NH2+]C2CCCCCCC2)c(C)c1. The summed E-state index contributed by atoms with van der Waals surface area (Å²) in [6, 6.07) is 6.78. The van der Waals surface area contributed by atoms with E-state index in [0.29, 0.717) is 12.6 Å². The Balaban J connectivity index is 1.78. The normalized spacial score (nSPS) is 17.0. The Kier molecular flexibility index (Phi) is 6.24. The summed E-state index contributed by atoms with van der Waals surface area (Å²) in [6.45, 7) is 4.65. The first-order valence-electron chi connectivity index (χ1n) is 8.35. The Morgan fingerprint density at radius 2 is 1.81 bits per heavy atom. The van der Waals surface area contributed by atoms with Crippen molar-refractivity contribution >= 4 is 11.6 Å². The van der Waals surface area contributed by atoms with Gasteiger partial charge in [0.05, 0.1) is 6.04 Å². The third kappa shape index (κ3) is 5.50. The molecule has 0 bridgehead atoms. The average Bonchev–Trinajstić information content (AvgIpc) is 2.41. The number of nitrogens with one attached hydrogen (secondary N) is 1. The second-order valence-corrected chi connectivity index (χ2v) is 6.41. The van der Waals surface area contributed by atoms with E-state index in [1.807, 2.05) is 19.1 Å². The average molecular weight is 289 g/mol. The number of rotatable bonds is 4. The van der Waals surface area contributed by atoms with Crippen LogP contribution >= 0.6 is 0 Å². The van der Waals surface area contributed by atoms with Gasteiger partial charge in [0.2, 0.25) is 0 Å². The fourth-order valence-corrected chi connectivity index (χ4v) is 3.15. The lowest BCUT2D eigenvalue weighted by atomic mass is 9.97. The number of amides is 1. The Morgan fingerprint density at radius 3 is 2.48 bits per heavy atom. The number of hydrogen-bond acceptors (Lipinski definition) is 1. The van der Waals surface area contributed by atoms with Crippen molar-refractivity contribution in [1.82, 2.24) is 0 Å². The van der Waals surface area contributed by atoms with E-state index in [2.05, 4.69) is 23.6 Å². The fraction of sp³-hybridized carbons (Fsp3) is 0.611. The molecule has 116 valence electrons. The van der Waals surface area contributed by atoms with Gasteiger partial charge in [0, 0.05) is 5.69 Å². The maximum absolute atomic E-state index is 12.1. The van der Waals surface area contributed by atoms with Crippen molar-refractivity contribution in [2.45, 2.75) is 64.8 Å². The molecule has 3 heteroatoms. The highest BCUT2D eigenvalue weighted by molar-refractivity contribution is 5.92. The third-order valence-electron chi connectivity index (χ3n) is 4.44. The number of anilines is 1. The molecule has 0 unspecified atom stereocenters. The number of aryl methyl sites for hydroxylation is 2. The van der Waals surface area contributed by atoms with E-state index in [0.717, 1.165) is 11.3 Å². The molecule has 21 heavy (non-hydrogen) atoms. The van der Waals surface area contributed by atoms with Crippen LogP contribution in [0.5, 0.6) is 0 Å². The highest BCUT2D eigenvalue weighted by Gasteiger charge is 2.16. The molecule has 1 fully saturated rings. The number of carbonyl (C=O) groups excluding carboxylic acids is 1. The monoisotopic (exact) mass is 289 g/mol. The molecular formula is C18H29N2O+. The maximum Gasteiger partial charge on any atom is 0.279 e. The van der Waals surface area contributed by atoms with Gasteiger partial charge in [-0.2, -0.15) is 0 Å². The van der Waals surface area contributed by atoms with Crippen molar-refractivity contribution in [3.05, 3.63) is 29.3 Å². The van der Waals surface area contributed by atoms with Crippen LogP contribution in [0.15, 0.2) is 18.2 Å². The van der Waals surface area contributed by atoms with Gasteiger partial charge in [-0.3, -0.25) is 4.79 Å². The molecule has 1 saturated carbocycles. The van der Waals surface area contributed by atoms with Gasteiger partial charge < -0.3 is 10.6 Å². The second kappa shape index (κ2) is 8.18. The second-order valence-electron chi connectivity index (χ2n) is 6.41. The molecule has 0 aliphatic heterocycles. The summed E-state index contributed by atoms with van der Waals surface area (Å²) in [5.74, 6) is 0.115. The van der Waals surface area contributed by atoms with E-state index in [1.165, 1.54) is 50.5 Å². The van der Waals surface area contributed by atoms with Gasteiger partial charge in [0.1, 0.15) is 0 Å². The van der Waals surface area contributed by atoms with Gasteiger partial charge in [0.25, 0.3) is 5.91 Å². The van der Waals surface area contributed by atoms with Crippen molar-refractivity contribution in [1.29, 1.82) is 0 Å². The number of carbonyl (C=O) groups is 1. The van der Waals surface area contributed by atoms with Crippen LogP contribution in [0.4, 0.5) is 5.69 Å². The lowest BCUT2D eigenvalue weighted by molar-refractivity contribution is -0.680. The zero-order chi connectivity index (χ0) is 15.1. The van der Waals surface area contributed by atoms with E-state index in [-0.39, 0.29) is 5.91 Å². The number of benzene rings is 1. The van der Waals surface area contributed by atoms with Crippen LogP contribution in [0.25, 0.3) is 0 Å². The third-order valence-corrected chi connectivity index (χ3v) is 4.44. The smallest absolute Gasteiger partial charge is 0.279 e. The molecule has 3 N–H and O–H groups in total. The largest absolute Gasteiger partial charge is 0.336 e. The fourth-order valence-electron chi connectivity index (χ4n) is 3.15. The Labute approximate surface area is 128 Å². The molecule has 0 aromatic heterocycles. The van der Waals surface area contributed by atoms with Crippen LogP contribution in [-0.4, -0.2) is 18.5 Å². The van der Waals surface area contributed by atoms with Crippen LogP contribution in [0, 0.1) is 13.8 Å². The van der Waals surface area contributed by atoms with Gasteiger partial charge in [-0.05, 0) is 51.2 Å². The first kappa shape index (κ1) is 16.0. The van der Waals surface area contributed by atoms with E-state index in [9.17, 15) is 4.79 Å². The predicted molar refractivity (Wildman–Crippen MR) is 87.4 cm³/mol. The number of nitrogens with two attached hydrogens (primary N) is 1. The topological polar surface area (TPSA) is 45.7 Å². The zero-order valence-corrected chi connectivity index (χ0v) is 13.5. The minimum Gasteiger partial charge on any atom is -0.336 e. The first-order chi connectivity index (χ1) is 10.1. The first-order valence-corrected chi connectivity index (χ1v) is 8.35. The van der Waals surface area contributed by atoms with Gasteiger partial charge in [-0.15, -0.1) is 0 Å². The summed E-state index contributed by atoms with van der Waals surface area (Å²) in [4.78, 5) is 12.1. The van der Waals surface area contributed by atoms with Crippen molar-refractivity contribution in [2.75, 3.05) is 11.9 Å². The highest BCUT2D eigenvalue weighted by Crippen LogP contribution is 2.16. The standard InChI is InChI=1S/C18H28N2O/c1-14-10-11-17(15(2)12-14)20-18(21)13-19-16-8-6-4-3-5-7-9-16/h10-12,16,19H,3-9,13H2,1-2H3,(H,20,21)/p+1. The van der Waals surface area contributed by atoms with E-state index < -0.39 is 0 Å². The van der Waals surface area contributed by atoms with Crippen LogP contribution in [-0.2, 0) is 4.79 Å². The summed E-state index contributed by atoms with van der Waals surface area (Å²) in [7, 11) is 0. The predicted octanol–water partition coefficient (Wildman–Crippen LogP) is 2.92. The summed E-state index contributed by atoms with van der Waals surface area (Å²) < 4.78 is 0. The molecule has 1 aromatic rings. The molecule has 1 aromatic carbocycles. The van der Waals surface area contributed by atoms with E-state index in [4.69, 9.17) is 0 Å². The molecule has 0 heterocycles. The van der Waals surface area contributed by atoms with Gasteiger partial charge in [0.15, 0.2) is 6.54 Å². The molecule has 1 aliphatic rings. The maximum atomic E-state index is 12.1. The Hall–Kier alpha value is -1.35. The van der Waals surface area contributed by atoms with Crippen molar-refractivity contribution in [2.24, 2.45) is 0 Å². The minimum absolute atomic E-state index is 0.115. The van der Waals surface area contributed by atoms with Crippen molar-refractivity contribution < 1.29 is 10.1 Å². The number of quaternary nitrogens is 1. The van der Waals surface area contributed by atoms with Crippen LogP contribution in [0.2, 0.25) is 0 Å². The molecule has 0 spiro atoms. The molecule has 2 rings (SSSR count). The van der Waals surface area contributed by atoms with E-state index in [1.54, 1.807) is 0 Å². The zero-order valence-electron chi connectivity index (χ0n) is 13.5. The van der Waals surface area contributed by atoms with Gasteiger partial charge >= 0.3 is 0 Å². The highest BCUT2D eigenvalue weighted by atomic mass is 16.1. The molecule has 0 atom stereocenters. The lowest BCUT2D eigenvalue weighted by Crippen LogP contribution is -2.91. The molecule has 0 saturated heterocycles. The Morgan fingerprint density at radius 1 is 1.14 bits per heavy atom. The molecular weight excluding hydrogens is 260 g/mol. The summed E-state index contributed by atoms with van der Waals surface area (Å²) in [6.07, 6.45) is 9.27. The molecule has 0 radical (unpaired) electrons. The number of hydrogen-bond donors (Lipinski definition) is 2. The molecule has 3 nitrogen and oxygen atoms in total. The minimum atomic E-state index is 0.115. The van der Waals surface area contributed by atoms with Crippen molar-refractivity contribution in [3.63, 3.8) is 0 Å². The molecule has 1 amide bonds. The van der Waals surface area contributed by atoms with Crippen LogP contribution in [0.3, 0.4) is 0 Å².